The quantitative estimate of drug-likeness (QED) is 0.726. The first kappa shape index (κ1) is 17.9. The first-order chi connectivity index (χ1) is 10.4. The molecule has 0 heterocycles. The van der Waals surface area contributed by atoms with Crippen molar-refractivity contribution in [2.45, 2.75) is 33.1 Å². The van der Waals surface area contributed by atoms with E-state index in [0.717, 1.165) is 11.3 Å². The Hall–Kier alpha value is -2.17. The van der Waals surface area contributed by atoms with E-state index < -0.39 is 5.97 Å². The first-order valence-electron chi connectivity index (χ1n) is 7.30. The SMILES string of the molecule is COC(=O)CCC(=O)Cc1ccccc1N(C)C(=O)C(C)C. The third-order valence-corrected chi connectivity index (χ3v) is 3.40. The summed E-state index contributed by atoms with van der Waals surface area (Å²) in [5.41, 5.74) is 1.52. The van der Waals surface area contributed by atoms with Gasteiger partial charge < -0.3 is 9.64 Å². The number of esters is 1. The zero-order valence-electron chi connectivity index (χ0n) is 13.6. The number of ether oxygens (including phenoxy) is 1. The lowest BCUT2D eigenvalue weighted by Gasteiger charge is -2.22. The number of nitrogens with zero attached hydrogens (tertiary/aromatic N) is 1. The van der Waals surface area contributed by atoms with Crippen LogP contribution in [0.2, 0.25) is 0 Å². The van der Waals surface area contributed by atoms with Crippen LogP contribution in [-0.2, 0) is 25.5 Å². The van der Waals surface area contributed by atoms with Crippen molar-refractivity contribution in [1.82, 2.24) is 0 Å². The van der Waals surface area contributed by atoms with Gasteiger partial charge in [0.1, 0.15) is 5.78 Å². The van der Waals surface area contributed by atoms with Crippen molar-refractivity contribution in [3.05, 3.63) is 29.8 Å². The highest BCUT2D eigenvalue weighted by molar-refractivity contribution is 5.96. The second kappa shape index (κ2) is 8.32. The molecule has 0 atom stereocenters. The maximum atomic E-state index is 12.1. The third-order valence-electron chi connectivity index (χ3n) is 3.40. The normalized spacial score (nSPS) is 10.4. The van der Waals surface area contributed by atoms with Gasteiger partial charge in [0, 0.05) is 31.5 Å². The molecule has 0 aromatic heterocycles. The number of hydrogen-bond acceptors (Lipinski definition) is 4. The minimum Gasteiger partial charge on any atom is -0.469 e. The Morgan fingerprint density at radius 3 is 2.36 bits per heavy atom. The summed E-state index contributed by atoms with van der Waals surface area (Å²) in [7, 11) is 3.01. The van der Waals surface area contributed by atoms with Crippen LogP contribution in [0.25, 0.3) is 0 Å². The number of benzene rings is 1. The van der Waals surface area contributed by atoms with Crippen molar-refractivity contribution < 1.29 is 19.1 Å². The molecule has 0 aliphatic heterocycles. The molecule has 0 N–H and O–H groups in total. The molecule has 5 heteroatoms. The van der Waals surface area contributed by atoms with Crippen molar-refractivity contribution in [3.8, 4) is 0 Å². The van der Waals surface area contributed by atoms with E-state index >= 15 is 0 Å². The smallest absolute Gasteiger partial charge is 0.305 e. The fraction of sp³-hybridized carbons (Fsp3) is 0.471. The summed E-state index contributed by atoms with van der Waals surface area (Å²) in [5.74, 6) is -0.570. The average Bonchev–Trinajstić information content (AvgIpc) is 2.51. The molecular formula is C17H23NO4. The van der Waals surface area contributed by atoms with Gasteiger partial charge in [0.25, 0.3) is 0 Å². The molecule has 120 valence electrons. The predicted molar refractivity (Wildman–Crippen MR) is 84.7 cm³/mol. The lowest BCUT2D eigenvalue weighted by Crippen LogP contribution is -2.31. The standard InChI is InChI=1S/C17H23NO4/c1-12(2)17(21)18(3)15-8-6-5-7-13(15)11-14(19)9-10-16(20)22-4/h5-8,12H,9-11H2,1-4H3. The average molecular weight is 305 g/mol. The molecule has 1 aromatic carbocycles. The molecule has 1 rings (SSSR count). The fourth-order valence-corrected chi connectivity index (χ4v) is 2.14. The van der Waals surface area contributed by atoms with Crippen molar-refractivity contribution in [3.63, 3.8) is 0 Å². The molecule has 0 radical (unpaired) electrons. The Morgan fingerprint density at radius 1 is 1.14 bits per heavy atom. The van der Waals surface area contributed by atoms with Crippen LogP contribution in [0.1, 0.15) is 32.3 Å². The summed E-state index contributed by atoms with van der Waals surface area (Å²) >= 11 is 0. The molecule has 0 unspecified atom stereocenters. The van der Waals surface area contributed by atoms with Crippen LogP contribution in [0.5, 0.6) is 0 Å². The molecule has 0 saturated heterocycles. The molecule has 1 amide bonds. The highest BCUT2D eigenvalue weighted by atomic mass is 16.5. The van der Waals surface area contributed by atoms with E-state index in [9.17, 15) is 14.4 Å². The Kier molecular flexibility index (Phi) is 6.76. The summed E-state index contributed by atoms with van der Waals surface area (Å²) in [4.78, 5) is 36.8. The number of hydrogen-bond donors (Lipinski definition) is 0. The summed E-state index contributed by atoms with van der Waals surface area (Å²) < 4.78 is 4.53. The lowest BCUT2D eigenvalue weighted by molar-refractivity contribution is -0.141. The minimum absolute atomic E-state index is 0.00513. The molecule has 22 heavy (non-hydrogen) atoms. The maximum Gasteiger partial charge on any atom is 0.305 e. The number of rotatable bonds is 7. The number of Topliss-reactive ketones (excluding diaryl/α,β-unsaturated/α-hetero) is 1. The van der Waals surface area contributed by atoms with Crippen molar-refractivity contribution in [2.75, 3.05) is 19.1 Å². The van der Waals surface area contributed by atoms with Gasteiger partial charge >= 0.3 is 5.97 Å². The van der Waals surface area contributed by atoms with Crippen LogP contribution in [0, 0.1) is 5.92 Å². The number of amides is 1. The molecular weight excluding hydrogens is 282 g/mol. The number of carbonyl (C=O) groups is 3. The van der Waals surface area contributed by atoms with Crippen LogP contribution in [-0.4, -0.2) is 31.8 Å². The maximum absolute atomic E-state index is 12.1. The highest BCUT2D eigenvalue weighted by Gasteiger charge is 2.18. The van der Waals surface area contributed by atoms with E-state index in [1.54, 1.807) is 11.9 Å². The zero-order chi connectivity index (χ0) is 16.7. The number of carbonyl (C=O) groups excluding carboxylic acids is 3. The van der Waals surface area contributed by atoms with Gasteiger partial charge in [0.15, 0.2) is 0 Å². The summed E-state index contributed by atoms with van der Waals surface area (Å²) in [6.07, 6.45) is 0.421. The van der Waals surface area contributed by atoms with Crippen LogP contribution in [0.4, 0.5) is 5.69 Å². The van der Waals surface area contributed by atoms with Crippen molar-refractivity contribution in [1.29, 1.82) is 0 Å². The summed E-state index contributed by atoms with van der Waals surface area (Å²) in [5, 5.41) is 0. The van der Waals surface area contributed by atoms with E-state index in [4.69, 9.17) is 0 Å². The molecule has 5 nitrogen and oxygen atoms in total. The van der Waals surface area contributed by atoms with Gasteiger partial charge in [-0.1, -0.05) is 32.0 Å². The Bertz CT molecular complexity index is 551. The number of para-hydroxylation sites is 1. The Morgan fingerprint density at radius 2 is 1.77 bits per heavy atom. The number of anilines is 1. The minimum atomic E-state index is -0.395. The molecule has 0 spiro atoms. The van der Waals surface area contributed by atoms with Crippen LogP contribution >= 0.6 is 0 Å². The van der Waals surface area contributed by atoms with Gasteiger partial charge in [-0.3, -0.25) is 14.4 Å². The largest absolute Gasteiger partial charge is 0.469 e. The number of ketones is 1. The molecule has 1 aromatic rings. The molecule has 0 aliphatic rings. The van der Waals surface area contributed by atoms with Crippen molar-refractivity contribution >= 4 is 23.3 Å². The zero-order valence-corrected chi connectivity index (χ0v) is 13.6. The van der Waals surface area contributed by atoms with E-state index in [1.807, 2.05) is 38.1 Å². The van der Waals surface area contributed by atoms with Gasteiger partial charge in [-0.05, 0) is 11.6 Å². The monoisotopic (exact) mass is 305 g/mol. The number of methoxy groups -OCH3 is 1. The highest BCUT2D eigenvalue weighted by Crippen LogP contribution is 2.22. The van der Waals surface area contributed by atoms with Gasteiger partial charge in [-0.15, -0.1) is 0 Å². The molecule has 0 aliphatic carbocycles. The molecule has 0 fully saturated rings. The Labute approximate surface area is 131 Å². The van der Waals surface area contributed by atoms with Crippen LogP contribution in [0.3, 0.4) is 0 Å². The van der Waals surface area contributed by atoms with Crippen LogP contribution < -0.4 is 4.90 Å². The van der Waals surface area contributed by atoms with Gasteiger partial charge in [0.05, 0.1) is 13.5 Å². The van der Waals surface area contributed by atoms with Gasteiger partial charge in [0.2, 0.25) is 5.91 Å². The first-order valence-corrected chi connectivity index (χ1v) is 7.30. The Balaban J connectivity index is 2.81. The fourth-order valence-electron chi connectivity index (χ4n) is 2.14. The van der Waals surface area contributed by atoms with E-state index in [0.29, 0.717) is 0 Å². The van der Waals surface area contributed by atoms with E-state index in [2.05, 4.69) is 4.74 Å². The second-order valence-electron chi connectivity index (χ2n) is 5.47. The predicted octanol–water partition coefficient (Wildman–Crippen LogP) is 2.37. The summed E-state index contributed by atoms with van der Waals surface area (Å²) in [6, 6.07) is 7.32. The van der Waals surface area contributed by atoms with Gasteiger partial charge in [-0.2, -0.15) is 0 Å². The van der Waals surface area contributed by atoms with Crippen molar-refractivity contribution in [2.24, 2.45) is 5.92 Å². The molecule has 0 saturated carbocycles. The second-order valence-corrected chi connectivity index (χ2v) is 5.47. The van der Waals surface area contributed by atoms with Crippen LogP contribution in [0.15, 0.2) is 24.3 Å². The van der Waals surface area contributed by atoms with E-state index in [-0.39, 0.29) is 36.9 Å². The van der Waals surface area contributed by atoms with E-state index in [1.165, 1.54) is 7.11 Å². The van der Waals surface area contributed by atoms with Gasteiger partial charge in [-0.25, -0.2) is 0 Å². The summed E-state index contributed by atoms with van der Waals surface area (Å²) in [6.45, 7) is 3.67. The third kappa shape index (κ3) is 4.98. The lowest BCUT2D eigenvalue weighted by atomic mass is 10.0. The molecule has 0 bridgehead atoms. The topological polar surface area (TPSA) is 63.7 Å².